The van der Waals surface area contributed by atoms with E-state index in [0.29, 0.717) is 13.1 Å². The summed E-state index contributed by atoms with van der Waals surface area (Å²) in [4.78, 5) is 26.1. The van der Waals surface area contributed by atoms with Gasteiger partial charge in [0.25, 0.3) is 5.91 Å². The predicted molar refractivity (Wildman–Crippen MR) is 84.9 cm³/mol. The van der Waals surface area contributed by atoms with E-state index in [0.717, 1.165) is 17.5 Å². The molecule has 1 saturated heterocycles. The van der Waals surface area contributed by atoms with Gasteiger partial charge in [-0.1, -0.05) is 18.2 Å². The van der Waals surface area contributed by atoms with E-state index >= 15 is 0 Å². The fourth-order valence-electron chi connectivity index (χ4n) is 2.52. The van der Waals surface area contributed by atoms with Gasteiger partial charge in [0.15, 0.2) is 0 Å². The lowest BCUT2D eigenvalue weighted by molar-refractivity contribution is 0.0502. The van der Waals surface area contributed by atoms with E-state index in [9.17, 15) is 9.59 Å². The zero-order valence-corrected chi connectivity index (χ0v) is 13.7. The van der Waals surface area contributed by atoms with Crippen LogP contribution < -0.4 is 5.32 Å². The van der Waals surface area contributed by atoms with Gasteiger partial charge < -0.3 is 15.0 Å². The summed E-state index contributed by atoms with van der Waals surface area (Å²) in [5, 5.41) is 2.83. The molecule has 1 unspecified atom stereocenters. The minimum absolute atomic E-state index is 0.0200. The second-order valence-corrected chi connectivity index (χ2v) is 6.70. The predicted octanol–water partition coefficient (Wildman–Crippen LogP) is 2.73. The Kier molecular flexibility index (Phi) is 4.74. The number of benzene rings is 1. The summed E-state index contributed by atoms with van der Waals surface area (Å²) in [5.74, 6) is 0.0200. The molecule has 0 radical (unpaired) electrons. The van der Waals surface area contributed by atoms with E-state index in [-0.39, 0.29) is 11.9 Å². The van der Waals surface area contributed by atoms with Gasteiger partial charge in [0.1, 0.15) is 5.60 Å². The fraction of sp³-hybridized carbons (Fsp3) is 0.529. The number of nitrogens with zero attached hydrogens (tertiary/aromatic N) is 1. The second-order valence-electron chi connectivity index (χ2n) is 6.70. The minimum Gasteiger partial charge on any atom is -0.444 e. The smallest absolute Gasteiger partial charge is 0.407 e. The molecule has 1 aliphatic heterocycles. The van der Waals surface area contributed by atoms with Crippen LogP contribution in [0.1, 0.15) is 43.1 Å². The summed E-state index contributed by atoms with van der Waals surface area (Å²) in [6, 6.07) is 7.50. The Morgan fingerprint density at radius 2 is 1.95 bits per heavy atom. The molecule has 0 aliphatic carbocycles. The zero-order chi connectivity index (χ0) is 16.3. The van der Waals surface area contributed by atoms with Gasteiger partial charge in [0.2, 0.25) is 0 Å². The summed E-state index contributed by atoms with van der Waals surface area (Å²) < 4.78 is 5.25. The van der Waals surface area contributed by atoms with E-state index in [4.69, 9.17) is 4.74 Å². The van der Waals surface area contributed by atoms with Gasteiger partial charge in [0, 0.05) is 18.7 Å². The van der Waals surface area contributed by atoms with Crippen molar-refractivity contribution in [2.45, 2.75) is 45.8 Å². The molecule has 1 fully saturated rings. The lowest BCUT2D eigenvalue weighted by Crippen LogP contribution is -2.41. The maximum Gasteiger partial charge on any atom is 0.407 e. The third kappa shape index (κ3) is 4.23. The highest BCUT2D eigenvalue weighted by atomic mass is 16.6. The van der Waals surface area contributed by atoms with Crippen molar-refractivity contribution >= 4 is 12.0 Å². The number of carbonyl (C=O) groups excluding carboxylic acids is 2. The Morgan fingerprint density at radius 1 is 1.27 bits per heavy atom. The number of rotatable bonds is 2. The van der Waals surface area contributed by atoms with Crippen molar-refractivity contribution in [1.29, 1.82) is 0 Å². The van der Waals surface area contributed by atoms with Crippen LogP contribution in [-0.2, 0) is 4.74 Å². The molecular weight excluding hydrogens is 280 g/mol. The van der Waals surface area contributed by atoms with Crippen LogP contribution in [0.2, 0.25) is 0 Å². The Labute approximate surface area is 131 Å². The van der Waals surface area contributed by atoms with Gasteiger partial charge in [-0.2, -0.15) is 0 Å². The van der Waals surface area contributed by atoms with Gasteiger partial charge >= 0.3 is 6.09 Å². The van der Waals surface area contributed by atoms with Gasteiger partial charge in [-0.05, 0) is 45.7 Å². The first-order valence-corrected chi connectivity index (χ1v) is 7.61. The highest BCUT2D eigenvalue weighted by Crippen LogP contribution is 2.17. The molecular formula is C17H24N2O3. The molecule has 5 nitrogen and oxygen atoms in total. The lowest BCUT2D eigenvalue weighted by atomic mass is 10.1. The first-order chi connectivity index (χ1) is 10.3. The number of hydrogen-bond donors (Lipinski definition) is 1. The first-order valence-electron chi connectivity index (χ1n) is 7.61. The van der Waals surface area contributed by atoms with E-state index in [2.05, 4.69) is 5.32 Å². The molecule has 120 valence electrons. The van der Waals surface area contributed by atoms with Gasteiger partial charge in [-0.25, -0.2) is 4.79 Å². The number of carbonyl (C=O) groups is 2. The van der Waals surface area contributed by atoms with Gasteiger partial charge in [0.05, 0.1) is 6.04 Å². The standard InChI is InChI=1S/C17H24N2O3/c1-12-7-5-6-8-14(12)15(20)19-10-9-13(11-19)18-16(21)22-17(2,3)4/h5-8,13H,9-11H2,1-4H3,(H,18,21). The number of likely N-dealkylation sites (tertiary alicyclic amines) is 1. The van der Waals surface area contributed by atoms with Crippen molar-refractivity contribution in [2.24, 2.45) is 0 Å². The third-order valence-electron chi connectivity index (χ3n) is 3.57. The quantitative estimate of drug-likeness (QED) is 0.914. The number of nitrogens with one attached hydrogen (secondary N) is 1. The Hall–Kier alpha value is -2.04. The lowest BCUT2D eigenvalue weighted by Gasteiger charge is -2.22. The van der Waals surface area contributed by atoms with E-state index < -0.39 is 11.7 Å². The van der Waals surface area contributed by atoms with Crippen molar-refractivity contribution in [1.82, 2.24) is 10.2 Å². The highest BCUT2D eigenvalue weighted by molar-refractivity contribution is 5.95. The Morgan fingerprint density at radius 3 is 2.59 bits per heavy atom. The van der Waals surface area contributed by atoms with Crippen LogP contribution in [0.4, 0.5) is 4.79 Å². The zero-order valence-electron chi connectivity index (χ0n) is 13.7. The topological polar surface area (TPSA) is 58.6 Å². The number of hydrogen-bond acceptors (Lipinski definition) is 3. The second kappa shape index (κ2) is 6.38. The minimum atomic E-state index is -0.515. The monoisotopic (exact) mass is 304 g/mol. The van der Waals surface area contributed by atoms with Crippen molar-refractivity contribution in [3.05, 3.63) is 35.4 Å². The average Bonchev–Trinajstić information content (AvgIpc) is 2.84. The molecule has 0 bridgehead atoms. The normalized spacial score (nSPS) is 18.2. The average molecular weight is 304 g/mol. The molecule has 0 aromatic heterocycles. The summed E-state index contributed by atoms with van der Waals surface area (Å²) in [6.45, 7) is 8.58. The van der Waals surface area contributed by atoms with Crippen molar-refractivity contribution in [3.8, 4) is 0 Å². The van der Waals surface area contributed by atoms with Gasteiger partial charge in [-0.3, -0.25) is 4.79 Å². The molecule has 1 aliphatic rings. The number of aryl methyl sites for hydroxylation is 1. The van der Waals surface area contributed by atoms with E-state index in [1.165, 1.54) is 0 Å². The summed E-state index contributed by atoms with van der Waals surface area (Å²) in [6.07, 6.45) is 0.319. The van der Waals surface area contributed by atoms with Crippen LogP contribution in [0, 0.1) is 6.92 Å². The molecule has 1 atom stereocenters. The molecule has 1 aromatic carbocycles. The molecule has 2 amide bonds. The SMILES string of the molecule is Cc1ccccc1C(=O)N1CCC(NC(=O)OC(C)(C)C)C1. The molecule has 0 spiro atoms. The maximum absolute atomic E-state index is 12.5. The van der Waals surface area contributed by atoms with E-state index in [1.54, 1.807) is 4.90 Å². The molecule has 5 heteroatoms. The van der Waals surface area contributed by atoms with Gasteiger partial charge in [-0.15, -0.1) is 0 Å². The number of alkyl carbamates (subject to hydrolysis) is 1. The first kappa shape index (κ1) is 16.3. The molecule has 0 saturated carbocycles. The van der Waals surface area contributed by atoms with Crippen LogP contribution in [0.15, 0.2) is 24.3 Å². The van der Waals surface area contributed by atoms with E-state index in [1.807, 2.05) is 52.0 Å². The molecule has 22 heavy (non-hydrogen) atoms. The van der Waals surface area contributed by atoms with Crippen LogP contribution in [-0.4, -0.2) is 41.6 Å². The van der Waals surface area contributed by atoms with Crippen LogP contribution in [0.5, 0.6) is 0 Å². The number of amides is 2. The molecule has 1 heterocycles. The fourth-order valence-corrected chi connectivity index (χ4v) is 2.52. The summed E-state index contributed by atoms with van der Waals surface area (Å²) in [7, 11) is 0. The third-order valence-corrected chi connectivity index (χ3v) is 3.57. The maximum atomic E-state index is 12.5. The Bertz CT molecular complexity index is 563. The van der Waals surface area contributed by atoms with Crippen molar-refractivity contribution in [3.63, 3.8) is 0 Å². The van der Waals surface area contributed by atoms with Crippen molar-refractivity contribution in [2.75, 3.05) is 13.1 Å². The molecule has 2 rings (SSSR count). The van der Waals surface area contributed by atoms with Crippen molar-refractivity contribution < 1.29 is 14.3 Å². The van der Waals surface area contributed by atoms with Crippen LogP contribution >= 0.6 is 0 Å². The highest BCUT2D eigenvalue weighted by Gasteiger charge is 2.29. The van der Waals surface area contributed by atoms with Crippen LogP contribution in [0.25, 0.3) is 0 Å². The summed E-state index contributed by atoms with van der Waals surface area (Å²) in [5.41, 5.74) is 1.18. The molecule has 1 aromatic rings. The van der Waals surface area contributed by atoms with Crippen LogP contribution in [0.3, 0.4) is 0 Å². The summed E-state index contributed by atoms with van der Waals surface area (Å²) >= 11 is 0. The molecule has 1 N–H and O–H groups in total. The Balaban J connectivity index is 1.92. The largest absolute Gasteiger partial charge is 0.444 e. The number of ether oxygens (including phenoxy) is 1.